The largest absolute Gasteiger partial charge is 0.479 e. The Kier molecular flexibility index (Phi) is 2.88. The lowest BCUT2D eigenvalue weighted by atomic mass is 10.8. The van der Waals surface area contributed by atoms with Crippen molar-refractivity contribution in [1.29, 1.82) is 0 Å². The Bertz CT molecular complexity index is 52.8. The molecule has 0 aliphatic rings. The van der Waals surface area contributed by atoms with E-state index in [9.17, 15) is 4.79 Å². The van der Waals surface area contributed by atoms with Gasteiger partial charge in [0.05, 0.1) is 0 Å². The van der Waals surface area contributed by atoms with Crippen molar-refractivity contribution >= 4 is 18.9 Å². The first-order valence-electron chi connectivity index (χ1n) is 1.25. The quantitative estimate of drug-likeness (QED) is 0.384. The summed E-state index contributed by atoms with van der Waals surface area (Å²) in [5.74, 6) is -1.01. The average Bonchev–Trinajstić information content (AvgIpc) is 1.35. The summed E-state index contributed by atoms with van der Waals surface area (Å²) in [6.45, 7) is -0.344. The highest BCUT2D eigenvalue weighted by Gasteiger charge is 1.88. The molecule has 0 unspecified atom stereocenters. The van der Waals surface area contributed by atoms with E-state index in [-0.39, 0.29) is 6.61 Å². The fourth-order valence-electron chi connectivity index (χ4n) is 0.0552. The molecule has 0 atom stereocenters. The first kappa shape index (κ1) is 5.78. The normalized spacial score (nSPS) is 8.17. The minimum Gasteiger partial charge on any atom is -0.479 e. The molecule has 0 aromatic rings. The van der Waals surface area contributed by atoms with Gasteiger partial charge in [0, 0.05) is 0 Å². The number of carbonyl (C=O) groups is 1. The molecule has 0 amide bonds. The van der Waals surface area contributed by atoms with Gasteiger partial charge in [-0.2, -0.15) is 0 Å². The van der Waals surface area contributed by atoms with E-state index in [2.05, 4.69) is 17.1 Å². The Morgan fingerprint density at radius 2 is 2.50 bits per heavy atom. The van der Waals surface area contributed by atoms with E-state index in [0.29, 0.717) is 0 Å². The topological polar surface area (TPSA) is 46.5 Å². The summed E-state index contributed by atoms with van der Waals surface area (Å²) in [6, 6.07) is 0. The summed E-state index contributed by atoms with van der Waals surface area (Å²) in [4.78, 5) is 9.43. The SMILES string of the molecule is O=C(O)COS. The van der Waals surface area contributed by atoms with Crippen LogP contribution in [0.1, 0.15) is 0 Å². The van der Waals surface area contributed by atoms with E-state index in [0.717, 1.165) is 0 Å². The van der Waals surface area contributed by atoms with E-state index in [1.165, 1.54) is 0 Å². The van der Waals surface area contributed by atoms with Crippen LogP contribution in [0.25, 0.3) is 0 Å². The molecule has 0 aromatic carbocycles. The van der Waals surface area contributed by atoms with Crippen LogP contribution >= 0.6 is 12.9 Å². The molecule has 0 spiro atoms. The molecule has 1 N–H and O–H groups in total. The number of carboxylic acid groups (broad SMARTS) is 1. The smallest absolute Gasteiger partial charge is 0.330 e. The van der Waals surface area contributed by atoms with Crippen molar-refractivity contribution < 1.29 is 14.1 Å². The third-order valence-electron chi connectivity index (χ3n) is 0.188. The van der Waals surface area contributed by atoms with Gasteiger partial charge in [-0.1, -0.05) is 0 Å². The minimum absolute atomic E-state index is 0.344. The van der Waals surface area contributed by atoms with Crippen molar-refractivity contribution in [1.82, 2.24) is 0 Å². The standard InChI is InChI=1S/C2H4O3S/c3-2(4)1-5-6/h6H,1H2,(H,3,4). The van der Waals surface area contributed by atoms with Crippen LogP contribution in [0.15, 0.2) is 0 Å². The highest BCUT2D eigenvalue weighted by molar-refractivity contribution is 7.75. The van der Waals surface area contributed by atoms with Gasteiger partial charge < -0.3 is 9.29 Å². The zero-order chi connectivity index (χ0) is 4.99. The lowest BCUT2D eigenvalue weighted by Crippen LogP contribution is -2.00. The molecule has 0 rings (SSSR count). The third kappa shape index (κ3) is 3.78. The molecular formula is C2H4O3S. The van der Waals surface area contributed by atoms with Gasteiger partial charge in [-0.3, -0.25) is 0 Å². The molecule has 0 bridgehead atoms. The molecule has 0 aromatic heterocycles. The van der Waals surface area contributed by atoms with Crippen LogP contribution in [-0.4, -0.2) is 17.7 Å². The van der Waals surface area contributed by atoms with Crippen LogP contribution in [0, 0.1) is 0 Å². The summed E-state index contributed by atoms with van der Waals surface area (Å²) in [7, 11) is 0. The summed E-state index contributed by atoms with van der Waals surface area (Å²) < 4.78 is 3.90. The van der Waals surface area contributed by atoms with Gasteiger partial charge in [-0.15, -0.1) is 0 Å². The molecule has 36 valence electrons. The molecule has 0 saturated carbocycles. The second-order valence-corrected chi connectivity index (χ2v) is 0.925. The first-order valence-corrected chi connectivity index (χ1v) is 1.62. The Morgan fingerprint density at radius 3 is 2.50 bits per heavy atom. The maximum atomic E-state index is 9.43. The van der Waals surface area contributed by atoms with Gasteiger partial charge in [0.25, 0.3) is 0 Å². The molecule has 0 aliphatic heterocycles. The zero-order valence-corrected chi connectivity index (χ0v) is 3.81. The molecule has 0 fully saturated rings. The summed E-state index contributed by atoms with van der Waals surface area (Å²) >= 11 is 3.18. The van der Waals surface area contributed by atoms with E-state index >= 15 is 0 Å². The van der Waals surface area contributed by atoms with Crippen molar-refractivity contribution in [2.45, 2.75) is 0 Å². The van der Waals surface area contributed by atoms with Crippen molar-refractivity contribution in [2.24, 2.45) is 0 Å². The maximum absolute atomic E-state index is 9.43. The number of carboxylic acids is 1. The van der Waals surface area contributed by atoms with Gasteiger partial charge in [0.1, 0.15) is 0 Å². The van der Waals surface area contributed by atoms with Crippen LogP contribution in [0.3, 0.4) is 0 Å². The number of hydrogen-bond acceptors (Lipinski definition) is 3. The highest BCUT2D eigenvalue weighted by atomic mass is 32.1. The summed E-state index contributed by atoms with van der Waals surface area (Å²) in [6.07, 6.45) is 0. The number of thiol groups is 1. The van der Waals surface area contributed by atoms with Gasteiger partial charge in [0.15, 0.2) is 6.61 Å². The second kappa shape index (κ2) is 2.99. The predicted molar refractivity (Wildman–Crippen MR) is 22.6 cm³/mol. The second-order valence-electron chi connectivity index (χ2n) is 0.667. The number of rotatable bonds is 2. The van der Waals surface area contributed by atoms with Crippen molar-refractivity contribution in [3.63, 3.8) is 0 Å². The van der Waals surface area contributed by atoms with E-state index in [1.807, 2.05) is 0 Å². The van der Waals surface area contributed by atoms with Gasteiger partial charge in [-0.25, -0.2) is 4.79 Å². The molecule has 0 radical (unpaired) electrons. The Hall–Kier alpha value is -0.220. The Balaban J connectivity index is 2.83. The van der Waals surface area contributed by atoms with Crippen LogP contribution in [0.2, 0.25) is 0 Å². The monoisotopic (exact) mass is 108 g/mol. The Labute approximate surface area is 40.5 Å². The average molecular weight is 108 g/mol. The maximum Gasteiger partial charge on any atom is 0.330 e. The zero-order valence-electron chi connectivity index (χ0n) is 2.92. The van der Waals surface area contributed by atoms with Crippen molar-refractivity contribution in [3.05, 3.63) is 0 Å². The third-order valence-corrected chi connectivity index (χ3v) is 0.317. The van der Waals surface area contributed by atoms with E-state index < -0.39 is 5.97 Å². The van der Waals surface area contributed by atoms with Crippen LogP contribution in [0.5, 0.6) is 0 Å². The van der Waals surface area contributed by atoms with E-state index in [1.54, 1.807) is 0 Å². The molecule has 0 aliphatic carbocycles. The first-order chi connectivity index (χ1) is 2.77. The molecule has 0 saturated heterocycles. The van der Waals surface area contributed by atoms with Crippen LogP contribution in [-0.2, 0) is 8.98 Å². The number of aliphatic carboxylic acids is 1. The molecule has 0 heterocycles. The lowest BCUT2D eigenvalue weighted by molar-refractivity contribution is -0.138. The molecule has 4 heteroatoms. The number of hydrogen-bond donors (Lipinski definition) is 2. The fraction of sp³-hybridized carbons (Fsp3) is 0.500. The van der Waals surface area contributed by atoms with Crippen LogP contribution in [0.4, 0.5) is 0 Å². The van der Waals surface area contributed by atoms with Gasteiger partial charge in [-0.05, 0) is 12.9 Å². The molecular weight excluding hydrogens is 104 g/mol. The molecule has 6 heavy (non-hydrogen) atoms. The van der Waals surface area contributed by atoms with Gasteiger partial charge >= 0.3 is 5.97 Å². The van der Waals surface area contributed by atoms with Crippen LogP contribution < -0.4 is 0 Å². The minimum atomic E-state index is -1.01. The Morgan fingerprint density at radius 1 is 2.00 bits per heavy atom. The summed E-state index contributed by atoms with van der Waals surface area (Å²) in [5, 5.41) is 7.74. The van der Waals surface area contributed by atoms with Crippen molar-refractivity contribution in [3.8, 4) is 0 Å². The van der Waals surface area contributed by atoms with Gasteiger partial charge in [0.2, 0.25) is 0 Å². The molecule has 3 nitrogen and oxygen atoms in total. The predicted octanol–water partition coefficient (Wildman–Crippen LogP) is -0.0676. The van der Waals surface area contributed by atoms with Crippen molar-refractivity contribution in [2.75, 3.05) is 6.61 Å². The van der Waals surface area contributed by atoms with E-state index in [4.69, 9.17) is 5.11 Å². The lowest BCUT2D eigenvalue weighted by Gasteiger charge is -1.82. The highest BCUT2D eigenvalue weighted by Crippen LogP contribution is 1.74. The fourth-order valence-corrected chi connectivity index (χ4v) is 0.166. The summed E-state index contributed by atoms with van der Waals surface area (Å²) in [5.41, 5.74) is 0.